The number of anilines is 2. The number of pyridine rings is 1. The summed E-state index contributed by atoms with van der Waals surface area (Å²) >= 11 is 6.04. The quantitative estimate of drug-likeness (QED) is 0.386. The van der Waals surface area contributed by atoms with Gasteiger partial charge >= 0.3 is 5.97 Å². The molecule has 4 rings (SSSR count). The van der Waals surface area contributed by atoms with E-state index >= 15 is 0 Å². The smallest absolute Gasteiger partial charge is 0.336 e. The van der Waals surface area contributed by atoms with E-state index < -0.39 is 16.0 Å². The maximum Gasteiger partial charge on any atom is 0.336 e. The number of hydrogen-bond donors (Lipinski definition) is 2. The maximum atomic E-state index is 12.8. The molecule has 13 heteroatoms. The fourth-order valence-electron chi connectivity index (χ4n) is 4.00. The van der Waals surface area contributed by atoms with Gasteiger partial charge in [0, 0.05) is 37.3 Å². The van der Waals surface area contributed by atoms with Crippen molar-refractivity contribution in [3.8, 4) is 0 Å². The lowest BCUT2D eigenvalue weighted by Crippen LogP contribution is -2.46. The fraction of sp³-hybridized carbons (Fsp3) is 0.304. The normalized spacial score (nSPS) is 13.8. The summed E-state index contributed by atoms with van der Waals surface area (Å²) in [6.45, 7) is 6.55. The van der Waals surface area contributed by atoms with Crippen molar-refractivity contribution in [2.45, 2.75) is 18.2 Å². The zero-order valence-corrected chi connectivity index (χ0v) is 23.4. The Morgan fingerprint density at radius 2 is 1.72 bits per heavy atom. The highest BCUT2D eigenvalue weighted by Gasteiger charge is 2.22. The van der Waals surface area contributed by atoms with Crippen molar-refractivity contribution in [1.29, 1.82) is 0 Å². The van der Waals surface area contributed by atoms with E-state index in [1.165, 1.54) is 18.2 Å². The van der Waals surface area contributed by atoms with Crippen LogP contribution in [-0.4, -0.2) is 62.1 Å². The van der Waals surface area contributed by atoms with E-state index in [2.05, 4.69) is 26.4 Å². The van der Waals surface area contributed by atoms with E-state index in [1.54, 1.807) is 30.3 Å². The van der Waals surface area contributed by atoms with Crippen LogP contribution in [-0.2, 0) is 10.0 Å². The molecule has 36 heavy (non-hydrogen) atoms. The van der Waals surface area contributed by atoms with E-state index in [1.807, 2.05) is 0 Å². The van der Waals surface area contributed by atoms with Crippen LogP contribution in [0.5, 0.6) is 0 Å². The van der Waals surface area contributed by atoms with Crippen LogP contribution < -0.4 is 9.62 Å². The second-order valence-electron chi connectivity index (χ2n) is 7.93. The van der Waals surface area contributed by atoms with Crippen LogP contribution in [0.25, 0.3) is 10.9 Å². The lowest BCUT2D eigenvalue weighted by atomic mass is 10.1. The number of nitrogens with zero attached hydrogens (tertiary/aromatic N) is 3. The topological polar surface area (TPSA) is 103 Å². The van der Waals surface area contributed by atoms with Gasteiger partial charge in [-0.3, -0.25) is 9.62 Å². The van der Waals surface area contributed by atoms with Gasteiger partial charge in [-0.1, -0.05) is 30.7 Å². The van der Waals surface area contributed by atoms with Gasteiger partial charge in [0.2, 0.25) is 0 Å². The zero-order valence-electron chi connectivity index (χ0n) is 19.4. The Kier molecular flexibility index (Phi) is 12.0. The molecule has 0 amide bonds. The summed E-state index contributed by atoms with van der Waals surface area (Å²) in [5.41, 5.74) is 0.791. The fourth-order valence-corrected chi connectivity index (χ4v) is 5.57. The average Bonchev–Trinajstić information content (AvgIpc) is 2.79. The third-order valence-corrected chi connectivity index (χ3v) is 7.52. The van der Waals surface area contributed by atoms with Crippen LogP contribution in [0, 0.1) is 0 Å². The number of aromatic nitrogens is 1. The van der Waals surface area contributed by atoms with Gasteiger partial charge in [0.05, 0.1) is 16.1 Å². The molecular formula is C23H28Cl4N4O4S. The molecule has 2 N–H and O–H groups in total. The van der Waals surface area contributed by atoms with E-state index in [4.69, 9.17) is 11.6 Å². The SMILES string of the molecule is CCCN1CCN(c2cc(C(=O)O)c3cc(NS(=O)(=O)c4ccccc4Cl)ccc3n2)CC1.Cl.Cl.Cl. The summed E-state index contributed by atoms with van der Waals surface area (Å²) < 4.78 is 28.0. The Bertz CT molecular complexity index is 1300. The third kappa shape index (κ3) is 7.06. The molecule has 0 radical (unpaired) electrons. The molecular weight excluding hydrogens is 570 g/mol. The number of aromatic carboxylic acids is 1. The van der Waals surface area contributed by atoms with Gasteiger partial charge in [-0.05, 0) is 49.4 Å². The molecule has 1 saturated heterocycles. The number of carboxylic acids is 1. The Labute approximate surface area is 234 Å². The first-order chi connectivity index (χ1) is 15.8. The van der Waals surface area contributed by atoms with Crippen LogP contribution in [0.1, 0.15) is 23.7 Å². The summed E-state index contributed by atoms with van der Waals surface area (Å²) in [6, 6.07) is 12.4. The molecule has 2 aromatic carbocycles. The monoisotopic (exact) mass is 596 g/mol. The van der Waals surface area contributed by atoms with Crippen molar-refractivity contribution < 1.29 is 18.3 Å². The molecule has 198 valence electrons. The van der Waals surface area contributed by atoms with Crippen molar-refractivity contribution in [2.24, 2.45) is 0 Å². The van der Waals surface area contributed by atoms with Crippen LogP contribution in [0.2, 0.25) is 5.02 Å². The van der Waals surface area contributed by atoms with Crippen molar-refractivity contribution in [1.82, 2.24) is 9.88 Å². The number of hydrogen-bond acceptors (Lipinski definition) is 6. The van der Waals surface area contributed by atoms with Gasteiger partial charge in [0.1, 0.15) is 10.7 Å². The van der Waals surface area contributed by atoms with Gasteiger partial charge in [-0.25, -0.2) is 18.2 Å². The number of carboxylic acid groups (broad SMARTS) is 1. The summed E-state index contributed by atoms with van der Waals surface area (Å²) in [6.07, 6.45) is 1.10. The summed E-state index contributed by atoms with van der Waals surface area (Å²) in [7, 11) is -3.94. The maximum absolute atomic E-state index is 12.8. The Morgan fingerprint density at radius 1 is 1.06 bits per heavy atom. The second-order valence-corrected chi connectivity index (χ2v) is 9.99. The molecule has 0 unspecified atom stereocenters. The van der Waals surface area contributed by atoms with Crippen molar-refractivity contribution >= 4 is 87.2 Å². The molecule has 1 aliphatic heterocycles. The minimum atomic E-state index is -3.94. The summed E-state index contributed by atoms with van der Waals surface area (Å²) in [5.74, 6) is -0.486. The summed E-state index contributed by atoms with van der Waals surface area (Å²) in [5, 5.41) is 10.3. The molecule has 1 aliphatic rings. The standard InChI is InChI=1S/C23H25ClN4O4S.3ClH/c1-2-9-27-10-12-28(13-11-27)22-15-18(23(29)30)17-14-16(7-8-20(17)25-22)26-33(31,32)21-6-4-3-5-19(21)24;;;/h3-8,14-15,26H,2,9-13H2,1H3,(H,29,30);3*1H. The number of benzene rings is 2. The molecule has 0 atom stereocenters. The molecule has 3 aromatic rings. The first kappa shape index (κ1) is 32.0. The van der Waals surface area contributed by atoms with E-state index in [-0.39, 0.29) is 58.4 Å². The molecule has 2 heterocycles. The van der Waals surface area contributed by atoms with Crippen LogP contribution >= 0.6 is 48.8 Å². The number of nitrogens with one attached hydrogen (secondary N) is 1. The van der Waals surface area contributed by atoms with Crippen LogP contribution in [0.15, 0.2) is 53.4 Å². The van der Waals surface area contributed by atoms with Crippen LogP contribution in [0.4, 0.5) is 11.5 Å². The van der Waals surface area contributed by atoms with Crippen LogP contribution in [0.3, 0.4) is 0 Å². The molecule has 1 fully saturated rings. The third-order valence-electron chi connectivity index (χ3n) is 5.64. The van der Waals surface area contributed by atoms with Gasteiger partial charge in [0.25, 0.3) is 10.0 Å². The predicted molar refractivity (Wildman–Crippen MR) is 152 cm³/mol. The Morgan fingerprint density at radius 3 is 2.33 bits per heavy atom. The summed E-state index contributed by atoms with van der Waals surface area (Å²) in [4.78, 5) is 21.1. The first-order valence-corrected chi connectivity index (χ1v) is 12.6. The molecule has 1 aromatic heterocycles. The average molecular weight is 598 g/mol. The first-order valence-electron chi connectivity index (χ1n) is 10.7. The number of halogens is 4. The lowest BCUT2D eigenvalue weighted by Gasteiger charge is -2.35. The lowest BCUT2D eigenvalue weighted by molar-refractivity contribution is 0.0699. The number of sulfonamides is 1. The van der Waals surface area contributed by atoms with E-state index in [9.17, 15) is 18.3 Å². The number of piperazine rings is 1. The molecule has 8 nitrogen and oxygen atoms in total. The van der Waals surface area contributed by atoms with Crippen molar-refractivity contribution in [2.75, 3.05) is 42.3 Å². The van der Waals surface area contributed by atoms with E-state index in [0.29, 0.717) is 16.7 Å². The van der Waals surface area contributed by atoms with Gasteiger partial charge in [-0.15, -0.1) is 37.2 Å². The molecule has 0 bridgehead atoms. The van der Waals surface area contributed by atoms with Gasteiger partial charge < -0.3 is 10.0 Å². The van der Waals surface area contributed by atoms with E-state index in [0.717, 1.165) is 39.1 Å². The Hall–Kier alpha value is -2.01. The molecule has 0 saturated carbocycles. The second kappa shape index (κ2) is 13.5. The highest BCUT2D eigenvalue weighted by molar-refractivity contribution is 7.92. The van der Waals surface area contributed by atoms with Crippen molar-refractivity contribution in [3.05, 3.63) is 59.1 Å². The Balaban J connectivity index is 0.00000216. The number of rotatable bonds is 7. The number of carbonyl (C=O) groups is 1. The highest BCUT2D eigenvalue weighted by Crippen LogP contribution is 2.29. The molecule has 0 aliphatic carbocycles. The van der Waals surface area contributed by atoms with Gasteiger partial charge in [0.15, 0.2) is 0 Å². The molecule has 0 spiro atoms. The minimum absolute atomic E-state index is 0. The largest absolute Gasteiger partial charge is 0.478 e. The number of fused-ring (bicyclic) bond motifs is 1. The van der Waals surface area contributed by atoms with Gasteiger partial charge in [-0.2, -0.15) is 0 Å². The van der Waals surface area contributed by atoms with Crippen molar-refractivity contribution in [3.63, 3.8) is 0 Å². The zero-order chi connectivity index (χ0) is 23.6. The minimum Gasteiger partial charge on any atom is -0.478 e. The predicted octanol–water partition coefficient (Wildman–Crippen LogP) is 5.18. The highest BCUT2D eigenvalue weighted by atomic mass is 35.5.